The molecule has 0 aliphatic heterocycles. The van der Waals surface area contributed by atoms with E-state index in [2.05, 4.69) is 15.5 Å². The first-order valence-corrected chi connectivity index (χ1v) is 6.43. The zero-order chi connectivity index (χ0) is 14.7. The van der Waals surface area contributed by atoms with Crippen LogP contribution in [-0.2, 0) is 6.54 Å². The molecule has 0 radical (unpaired) electrons. The van der Waals surface area contributed by atoms with Crippen molar-refractivity contribution in [2.75, 3.05) is 0 Å². The summed E-state index contributed by atoms with van der Waals surface area (Å²) < 4.78 is 10.1. The first-order chi connectivity index (χ1) is 10.2. The molecular weight excluding hydrogens is 270 g/mol. The number of hydrogen-bond acceptors (Lipinski definition) is 5. The summed E-state index contributed by atoms with van der Waals surface area (Å²) in [5.74, 6) is 1.04. The van der Waals surface area contributed by atoms with E-state index < -0.39 is 0 Å². The molecule has 0 spiro atoms. The van der Waals surface area contributed by atoms with Crippen LogP contribution in [0.15, 0.2) is 51.7 Å². The Kier molecular flexibility index (Phi) is 3.51. The SMILES string of the molecule is Cc1cc(C(=O)NCc2ccc(-c3ccco3)nc2)no1. The van der Waals surface area contributed by atoms with Gasteiger partial charge in [0.25, 0.3) is 5.91 Å². The summed E-state index contributed by atoms with van der Waals surface area (Å²) in [5, 5.41) is 6.42. The summed E-state index contributed by atoms with van der Waals surface area (Å²) in [5.41, 5.74) is 1.91. The summed E-state index contributed by atoms with van der Waals surface area (Å²) in [6, 6.07) is 8.98. The standard InChI is InChI=1S/C15H13N3O3/c1-10-7-13(18-21-10)15(19)17-9-11-4-5-12(16-8-11)14-3-2-6-20-14/h2-8H,9H2,1H3,(H,17,19). The molecule has 3 aromatic heterocycles. The first-order valence-electron chi connectivity index (χ1n) is 6.43. The lowest BCUT2D eigenvalue weighted by molar-refractivity contribution is 0.0942. The molecule has 3 rings (SSSR count). The summed E-state index contributed by atoms with van der Waals surface area (Å²) in [7, 11) is 0. The predicted octanol–water partition coefficient (Wildman–Crippen LogP) is 2.57. The van der Waals surface area contributed by atoms with Crippen molar-refractivity contribution >= 4 is 5.91 Å². The van der Waals surface area contributed by atoms with Gasteiger partial charge < -0.3 is 14.3 Å². The lowest BCUT2D eigenvalue weighted by Gasteiger charge is -2.03. The largest absolute Gasteiger partial charge is 0.463 e. The fourth-order valence-corrected chi connectivity index (χ4v) is 1.85. The molecule has 0 atom stereocenters. The van der Waals surface area contributed by atoms with Gasteiger partial charge in [-0.3, -0.25) is 9.78 Å². The second-order valence-electron chi connectivity index (χ2n) is 4.53. The van der Waals surface area contributed by atoms with E-state index in [4.69, 9.17) is 8.94 Å². The van der Waals surface area contributed by atoms with Crippen LogP contribution < -0.4 is 5.32 Å². The Labute approximate surface area is 120 Å². The molecule has 0 bridgehead atoms. The molecule has 6 heteroatoms. The summed E-state index contributed by atoms with van der Waals surface area (Å²) in [6.45, 7) is 2.11. The zero-order valence-corrected chi connectivity index (χ0v) is 11.4. The van der Waals surface area contributed by atoms with E-state index in [0.717, 1.165) is 11.3 Å². The molecule has 1 N–H and O–H groups in total. The van der Waals surface area contributed by atoms with Gasteiger partial charge in [-0.25, -0.2) is 0 Å². The van der Waals surface area contributed by atoms with Crippen molar-refractivity contribution in [2.24, 2.45) is 0 Å². The van der Waals surface area contributed by atoms with Gasteiger partial charge in [0.05, 0.1) is 6.26 Å². The number of rotatable bonds is 4. The third-order valence-electron chi connectivity index (χ3n) is 2.91. The number of pyridine rings is 1. The second kappa shape index (κ2) is 5.62. The molecule has 6 nitrogen and oxygen atoms in total. The Hall–Kier alpha value is -2.89. The highest BCUT2D eigenvalue weighted by atomic mass is 16.5. The molecule has 0 fully saturated rings. The number of carbonyl (C=O) groups is 1. The van der Waals surface area contributed by atoms with Gasteiger partial charge in [0.2, 0.25) is 0 Å². The van der Waals surface area contributed by atoms with Crippen LogP contribution >= 0.6 is 0 Å². The number of amides is 1. The normalized spacial score (nSPS) is 10.5. The lowest BCUT2D eigenvalue weighted by atomic mass is 10.2. The molecule has 21 heavy (non-hydrogen) atoms. The highest BCUT2D eigenvalue weighted by molar-refractivity contribution is 5.92. The van der Waals surface area contributed by atoms with Crippen LogP contribution in [0.5, 0.6) is 0 Å². The van der Waals surface area contributed by atoms with Gasteiger partial charge in [-0.1, -0.05) is 11.2 Å². The Morgan fingerprint density at radius 1 is 1.33 bits per heavy atom. The van der Waals surface area contributed by atoms with Crippen LogP contribution in [0.4, 0.5) is 0 Å². The van der Waals surface area contributed by atoms with Crippen molar-refractivity contribution in [2.45, 2.75) is 13.5 Å². The molecule has 0 aromatic carbocycles. The molecule has 3 heterocycles. The van der Waals surface area contributed by atoms with Crippen LogP contribution in [0.1, 0.15) is 21.8 Å². The van der Waals surface area contributed by atoms with Gasteiger partial charge in [0.15, 0.2) is 11.5 Å². The van der Waals surface area contributed by atoms with E-state index >= 15 is 0 Å². The predicted molar refractivity (Wildman–Crippen MR) is 74.3 cm³/mol. The Bertz CT molecular complexity index is 730. The van der Waals surface area contributed by atoms with Crippen molar-refractivity contribution in [1.29, 1.82) is 0 Å². The molecule has 0 unspecified atom stereocenters. The Morgan fingerprint density at radius 2 is 2.24 bits per heavy atom. The zero-order valence-electron chi connectivity index (χ0n) is 11.4. The van der Waals surface area contributed by atoms with Gasteiger partial charge >= 0.3 is 0 Å². The quantitative estimate of drug-likeness (QED) is 0.795. The second-order valence-corrected chi connectivity index (χ2v) is 4.53. The number of aromatic nitrogens is 2. The maximum atomic E-state index is 11.8. The smallest absolute Gasteiger partial charge is 0.273 e. The van der Waals surface area contributed by atoms with Crippen molar-refractivity contribution < 1.29 is 13.7 Å². The first kappa shape index (κ1) is 13.1. The van der Waals surface area contributed by atoms with Crippen molar-refractivity contribution in [3.8, 4) is 11.5 Å². The maximum absolute atomic E-state index is 11.8. The average Bonchev–Trinajstić information content (AvgIpc) is 3.16. The van der Waals surface area contributed by atoms with Crippen LogP contribution in [0.25, 0.3) is 11.5 Å². The topological polar surface area (TPSA) is 81.2 Å². The highest BCUT2D eigenvalue weighted by Gasteiger charge is 2.10. The third-order valence-corrected chi connectivity index (χ3v) is 2.91. The van der Waals surface area contributed by atoms with Gasteiger partial charge in [0, 0.05) is 18.8 Å². The molecule has 0 aliphatic rings. The summed E-state index contributed by atoms with van der Waals surface area (Å²) >= 11 is 0. The third kappa shape index (κ3) is 3.00. The number of furan rings is 1. The number of carbonyl (C=O) groups excluding carboxylic acids is 1. The number of nitrogens with zero attached hydrogens (tertiary/aromatic N) is 2. The van der Waals surface area contributed by atoms with Crippen LogP contribution in [0.2, 0.25) is 0 Å². The van der Waals surface area contributed by atoms with Crippen molar-refractivity contribution in [1.82, 2.24) is 15.5 Å². The van der Waals surface area contributed by atoms with Crippen molar-refractivity contribution in [3.05, 3.63) is 59.8 Å². The van der Waals surface area contributed by atoms with Crippen LogP contribution in [-0.4, -0.2) is 16.0 Å². The Balaban J connectivity index is 1.62. The van der Waals surface area contributed by atoms with E-state index in [9.17, 15) is 4.79 Å². The molecule has 106 valence electrons. The lowest BCUT2D eigenvalue weighted by Crippen LogP contribution is -2.23. The molecule has 0 aliphatic carbocycles. The van der Waals surface area contributed by atoms with Gasteiger partial charge in [-0.2, -0.15) is 0 Å². The summed E-state index contributed by atoms with van der Waals surface area (Å²) in [6.07, 6.45) is 3.30. The molecule has 3 aromatic rings. The van der Waals surface area contributed by atoms with Crippen molar-refractivity contribution in [3.63, 3.8) is 0 Å². The van der Waals surface area contributed by atoms with E-state index in [-0.39, 0.29) is 11.6 Å². The molecular formula is C15H13N3O3. The summed E-state index contributed by atoms with van der Waals surface area (Å²) in [4.78, 5) is 16.1. The Morgan fingerprint density at radius 3 is 2.86 bits per heavy atom. The average molecular weight is 283 g/mol. The van der Waals surface area contributed by atoms with E-state index in [1.54, 1.807) is 25.5 Å². The van der Waals surface area contributed by atoms with Crippen LogP contribution in [0, 0.1) is 6.92 Å². The number of hydrogen-bond donors (Lipinski definition) is 1. The van der Waals surface area contributed by atoms with Gasteiger partial charge in [-0.05, 0) is 30.7 Å². The monoisotopic (exact) mass is 283 g/mol. The maximum Gasteiger partial charge on any atom is 0.273 e. The minimum Gasteiger partial charge on any atom is -0.463 e. The fraction of sp³-hybridized carbons (Fsp3) is 0.133. The molecule has 0 saturated heterocycles. The van der Waals surface area contributed by atoms with E-state index in [1.807, 2.05) is 24.3 Å². The van der Waals surface area contributed by atoms with E-state index in [0.29, 0.717) is 18.1 Å². The van der Waals surface area contributed by atoms with E-state index in [1.165, 1.54) is 0 Å². The number of aryl methyl sites for hydroxylation is 1. The van der Waals surface area contributed by atoms with Crippen LogP contribution in [0.3, 0.4) is 0 Å². The fourth-order valence-electron chi connectivity index (χ4n) is 1.85. The molecule has 1 amide bonds. The minimum absolute atomic E-state index is 0.271. The van der Waals surface area contributed by atoms with Gasteiger partial charge in [-0.15, -0.1) is 0 Å². The highest BCUT2D eigenvalue weighted by Crippen LogP contribution is 2.17. The number of nitrogens with one attached hydrogen (secondary N) is 1. The minimum atomic E-state index is -0.276. The van der Waals surface area contributed by atoms with Gasteiger partial charge in [0.1, 0.15) is 11.5 Å². The molecule has 0 saturated carbocycles.